The van der Waals surface area contributed by atoms with E-state index < -0.39 is 0 Å². The van der Waals surface area contributed by atoms with Gasteiger partial charge in [0, 0.05) is 32.1 Å². The maximum atomic E-state index is 10.8. The fourth-order valence-corrected chi connectivity index (χ4v) is 1.32. The molecule has 1 atom stereocenters. The summed E-state index contributed by atoms with van der Waals surface area (Å²) in [4.78, 5) is 10.8. The van der Waals surface area contributed by atoms with Crippen LogP contribution in [0.2, 0.25) is 0 Å². The smallest absolute Gasteiger partial charge is 0.220 e. The molecule has 1 aliphatic heterocycles. The van der Waals surface area contributed by atoms with Crippen molar-refractivity contribution in [2.75, 3.05) is 26.7 Å². The molecule has 0 unspecified atom stereocenters. The number of hydrogen-bond donors (Lipinski definition) is 3. The summed E-state index contributed by atoms with van der Waals surface area (Å²) < 4.78 is 0. The molecule has 1 heterocycles. The highest BCUT2D eigenvalue weighted by molar-refractivity contribution is 5.78. The Hall–Kier alpha value is -0.610. The molecule has 1 amide bonds. The van der Waals surface area contributed by atoms with E-state index in [1.54, 1.807) is 0 Å². The predicted molar refractivity (Wildman–Crippen MR) is 48.0 cm³/mol. The van der Waals surface area contributed by atoms with Gasteiger partial charge < -0.3 is 16.0 Å². The van der Waals surface area contributed by atoms with Crippen LogP contribution >= 0.6 is 0 Å². The van der Waals surface area contributed by atoms with Gasteiger partial charge in [-0.15, -0.1) is 0 Å². The summed E-state index contributed by atoms with van der Waals surface area (Å²) in [6, 6.07) is 0.356. The third-order valence-corrected chi connectivity index (χ3v) is 2.03. The van der Waals surface area contributed by atoms with Gasteiger partial charge in [0.2, 0.25) is 5.91 Å². The first-order valence-electron chi connectivity index (χ1n) is 4.47. The van der Waals surface area contributed by atoms with Crippen molar-refractivity contribution in [3.8, 4) is 0 Å². The van der Waals surface area contributed by atoms with Crippen molar-refractivity contribution in [2.24, 2.45) is 0 Å². The van der Waals surface area contributed by atoms with Gasteiger partial charge in [-0.25, -0.2) is 0 Å². The van der Waals surface area contributed by atoms with Crippen LogP contribution in [0.15, 0.2) is 0 Å². The molecular formula is C8H17N3O. The van der Waals surface area contributed by atoms with E-state index in [0.717, 1.165) is 26.1 Å². The number of nitrogens with one attached hydrogen (secondary N) is 3. The monoisotopic (exact) mass is 171 g/mol. The first-order valence-corrected chi connectivity index (χ1v) is 4.47. The van der Waals surface area contributed by atoms with Crippen LogP contribution in [-0.2, 0) is 4.79 Å². The highest BCUT2D eigenvalue weighted by Crippen LogP contribution is 2.04. The molecule has 0 saturated carbocycles. The topological polar surface area (TPSA) is 53.2 Å². The lowest BCUT2D eigenvalue weighted by Crippen LogP contribution is -2.37. The number of likely N-dealkylation sites (N-methyl/N-ethyl adjacent to an activating group) is 1. The molecule has 0 spiro atoms. The molecule has 0 radical (unpaired) electrons. The van der Waals surface area contributed by atoms with Crippen molar-refractivity contribution in [3.05, 3.63) is 0 Å². The molecule has 0 bridgehead atoms. The fraction of sp³-hybridized carbons (Fsp3) is 0.875. The summed E-state index contributed by atoms with van der Waals surface area (Å²) in [7, 11) is 1.93. The summed E-state index contributed by atoms with van der Waals surface area (Å²) >= 11 is 0. The molecule has 1 rings (SSSR count). The molecule has 70 valence electrons. The molecule has 1 saturated heterocycles. The third-order valence-electron chi connectivity index (χ3n) is 2.03. The van der Waals surface area contributed by atoms with Gasteiger partial charge >= 0.3 is 0 Å². The van der Waals surface area contributed by atoms with Crippen LogP contribution in [0.25, 0.3) is 0 Å². The minimum Gasteiger partial charge on any atom is -0.352 e. The first kappa shape index (κ1) is 9.48. The summed E-state index contributed by atoms with van der Waals surface area (Å²) in [5.74, 6) is 0.190. The summed E-state index contributed by atoms with van der Waals surface area (Å²) in [5.41, 5.74) is 0. The summed E-state index contributed by atoms with van der Waals surface area (Å²) in [6.07, 6.45) is 1.67. The number of hydrogen-bond acceptors (Lipinski definition) is 3. The lowest BCUT2D eigenvalue weighted by Gasteiger charge is -2.10. The van der Waals surface area contributed by atoms with Crippen molar-refractivity contribution < 1.29 is 4.79 Å². The van der Waals surface area contributed by atoms with Crippen molar-refractivity contribution >= 4 is 5.91 Å². The average molecular weight is 171 g/mol. The SMILES string of the molecule is CNCCNC[C@H]1CCC(=O)N1. The quantitative estimate of drug-likeness (QED) is 0.469. The van der Waals surface area contributed by atoms with E-state index in [-0.39, 0.29) is 5.91 Å². The molecule has 4 nitrogen and oxygen atoms in total. The van der Waals surface area contributed by atoms with E-state index in [9.17, 15) is 4.79 Å². The Kier molecular flexibility index (Phi) is 4.04. The predicted octanol–water partition coefficient (Wildman–Crippen LogP) is -0.926. The van der Waals surface area contributed by atoms with E-state index in [4.69, 9.17) is 0 Å². The van der Waals surface area contributed by atoms with Crippen LogP contribution in [0.3, 0.4) is 0 Å². The number of rotatable bonds is 5. The molecule has 4 heteroatoms. The molecule has 1 fully saturated rings. The maximum absolute atomic E-state index is 10.8. The van der Waals surface area contributed by atoms with Gasteiger partial charge in [0.25, 0.3) is 0 Å². The van der Waals surface area contributed by atoms with E-state index in [1.807, 2.05) is 7.05 Å². The van der Waals surface area contributed by atoms with Gasteiger partial charge in [0.15, 0.2) is 0 Å². The molecule has 0 aromatic heterocycles. The number of carbonyl (C=O) groups excluding carboxylic acids is 1. The zero-order valence-electron chi connectivity index (χ0n) is 7.52. The Morgan fingerprint density at radius 3 is 3.00 bits per heavy atom. The molecule has 12 heavy (non-hydrogen) atoms. The van der Waals surface area contributed by atoms with Crippen molar-refractivity contribution in [1.82, 2.24) is 16.0 Å². The van der Waals surface area contributed by atoms with Gasteiger partial charge in [-0.3, -0.25) is 4.79 Å². The fourth-order valence-electron chi connectivity index (χ4n) is 1.32. The lowest BCUT2D eigenvalue weighted by molar-refractivity contribution is -0.119. The van der Waals surface area contributed by atoms with Crippen LogP contribution in [-0.4, -0.2) is 38.6 Å². The highest BCUT2D eigenvalue weighted by Gasteiger charge is 2.19. The van der Waals surface area contributed by atoms with Crippen LogP contribution < -0.4 is 16.0 Å². The molecule has 0 aromatic rings. The summed E-state index contributed by atoms with van der Waals surface area (Å²) in [5, 5.41) is 9.23. The Morgan fingerprint density at radius 2 is 2.42 bits per heavy atom. The molecule has 0 aliphatic carbocycles. The molecule has 1 aliphatic rings. The van der Waals surface area contributed by atoms with Crippen LogP contribution in [0.4, 0.5) is 0 Å². The van der Waals surface area contributed by atoms with Crippen molar-refractivity contribution in [3.63, 3.8) is 0 Å². The molecular weight excluding hydrogens is 154 g/mol. The van der Waals surface area contributed by atoms with E-state index in [1.165, 1.54) is 0 Å². The molecule has 3 N–H and O–H groups in total. The van der Waals surface area contributed by atoms with Gasteiger partial charge in [-0.1, -0.05) is 0 Å². The van der Waals surface area contributed by atoms with Crippen LogP contribution in [0.1, 0.15) is 12.8 Å². The second kappa shape index (κ2) is 5.11. The lowest BCUT2D eigenvalue weighted by atomic mass is 10.2. The van der Waals surface area contributed by atoms with Gasteiger partial charge in [0.05, 0.1) is 0 Å². The zero-order valence-corrected chi connectivity index (χ0v) is 7.52. The summed E-state index contributed by atoms with van der Waals surface area (Å²) in [6.45, 7) is 2.83. The Balaban J connectivity index is 1.97. The average Bonchev–Trinajstić information content (AvgIpc) is 2.45. The minimum absolute atomic E-state index is 0.190. The second-order valence-corrected chi connectivity index (χ2v) is 3.11. The normalized spacial score (nSPS) is 22.8. The first-order chi connectivity index (χ1) is 5.83. The Labute approximate surface area is 73.1 Å². The van der Waals surface area contributed by atoms with Gasteiger partial charge in [-0.2, -0.15) is 0 Å². The highest BCUT2D eigenvalue weighted by atomic mass is 16.1. The number of amides is 1. The van der Waals surface area contributed by atoms with E-state index in [0.29, 0.717) is 12.5 Å². The molecule has 0 aromatic carbocycles. The van der Waals surface area contributed by atoms with E-state index >= 15 is 0 Å². The minimum atomic E-state index is 0.190. The second-order valence-electron chi connectivity index (χ2n) is 3.11. The van der Waals surface area contributed by atoms with Crippen molar-refractivity contribution in [2.45, 2.75) is 18.9 Å². The Bertz CT molecular complexity index is 149. The number of carbonyl (C=O) groups is 1. The van der Waals surface area contributed by atoms with Crippen molar-refractivity contribution in [1.29, 1.82) is 0 Å². The van der Waals surface area contributed by atoms with Gasteiger partial charge in [-0.05, 0) is 13.5 Å². The third kappa shape index (κ3) is 3.19. The van der Waals surface area contributed by atoms with Gasteiger partial charge in [0.1, 0.15) is 0 Å². The largest absolute Gasteiger partial charge is 0.352 e. The maximum Gasteiger partial charge on any atom is 0.220 e. The van der Waals surface area contributed by atoms with E-state index in [2.05, 4.69) is 16.0 Å². The Morgan fingerprint density at radius 1 is 1.58 bits per heavy atom. The standard InChI is InChI=1S/C8H17N3O/c1-9-4-5-10-6-7-2-3-8(12)11-7/h7,9-10H,2-6H2,1H3,(H,11,12)/t7-/m1/s1. The zero-order chi connectivity index (χ0) is 8.81. The van der Waals surface area contributed by atoms with Crippen LogP contribution in [0.5, 0.6) is 0 Å². The van der Waals surface area contributed by atoms with Crippen LogP contribution in [0, 0.1) is 0 Å².